The molecule has 2 aromatic rings. The summed E-state index contributed by atoms with van der Waals surface area (Å²) in [6, 6.07) is 3.82. The Balaban J connectivity index is 1.81. The molecule has 5 heteroatoms. The fourth-order valence-corrected chi connectivity index (χ4v) is 1.49. The van der Waals surface area contributed by atoms with Crippen molar-refractivity contribution in [3.8, 4) is 0 Å². The third-order valence-corrected chi connectivity index (χ3v) is 2.56. The average molecular weight is 256 g/mol. The Morgan fingerprint density at radius 3 is 3.00 bits per heavy atom. The molecule has 0 radical (unpaired) electrons. The number of aromatic nitrogens is 2. The fraction of sp³-hybridized carbons (Fsp3) is 0.222. The van der Waals surface area contributed by atoms with Crippen LogP contribution in [0.1, 0.15) is 11.5 Å². The fourth-order valence-electron chi connectivity index (χ4n) is 1.15. The highest BCUT2D eigenvalue weighted by atomic mass is 79.9. The Morgan fingerprint density at radius 1 is 1.43 bits per heavy atom. The topological polar surface area (TPSA) is 53.9 Å². The van der Waals surface area contributed by atoms with Crippen LogP contribution in [0, 0.1) is 0 Å². The van der Waals surface area contributed by atoms with Gasteiger partial charge in [0.2, 0.25) is 0 Å². The summed E-state index contributed by atoms with van der Waals surface area (Å²) in [4.78, 5) is 0. The number of hydrogen-bond donors (Lipinski definition) is 2. The van der Waals surface area contributed by atoms with Crippen LogP contribution in [0.15, 0.2) is 33.5 Å². The summed E-state index contributed by atoms with van der Waals surface area (Å²) < 4.78 is 6.24. The van der Waals surface area contributed by atoms with E-state index in [0.29, 0.717) is 6.54 Å². The standard InChI is InChI=1S/C9H10BrN3O/c10-8-2-4-14-9(8)6-11-5-7-1-3-12-13-7/h1-4,11H,5-6H2,(H,12,13). The largest absolute Gasteiger partial charge is 0.467 e. The first-order valence-electron chi connectivity index (χ1n) is 4.27. The maximum absolute atomic E-state index is 5.25. The van der Waals surface area contributed by atoms with Gasteiger partial charge in [-0.05, 0) is 28.1 Å². The Labute approximate surface area is 89.8 Å². The van der Waals surface area contributed by atoms with E-state index >= 15 is 0 Å². The van der Waals surface area contributed by atoms with Crippen LogP contribution in [0.4, 0.5) is 0 Å². The smallest absolute Gasteiger partial charge is 0.131 e. The van der Waals surface area contributed by atoms with E-state index in [2.05, 4.69) is 31.4 Å². The summed E-state index contributed by atoms with van der Waals surface area (Å²) >= 11 is 3.39. The Bertz CT molecular complexity index is 382. The van der Waals surface area contributed by atoms with Crippen LogP contribution >= 0.6 is 15.9 Å². The molecule has 0 aliphatic rings. The van der Waals surface area contributed by atoms with Gasteiger partial charge in [-0.3, -0.25) is 5.10 Å². The lowest BCUT2D eigenvalue weighted by atomic mass is 10.4. The van der Waals surface area contributed by atoms with E-state index in [-0.39, 0.29) is 0 Å². The van der Waals surface area contributed by atoms with Crippen molar-refractivity contribution in [3.63, 3.8) is 0 Å². The van der Waals surface area contributed by atoms with Crippen LogP contribution in [0.3, 0.4) is 0 Å². The van der Waals surface area contributed by atoms with Gasteiger partial charge in [0.05, 0.1) is 17.3 Å². The third-order valence-electron chi connectivity index (χ3n) is 1.85. The molecule has 0 aliphatic heterocycles. The van der Waals surface area contributed by atoms with Gasteiger partial charge in [-0.25, -0.2) is 0 Å². The van der Waals surface area contributed by atoms with Crippen LogP contribution in [-0.2, 0) is 13.1 Å². The van der Waals surface area contributed by atoms with Gasteiger partial charge in [-0.1, -0.05) is 0 Å². The third kappa shape index (κ3) is 2.24. The van der Waals surface area contributed by atoms with Gasteiger partial charge in [0, 0.05) is 18.4 Å². The summed E-state index contributed by atoms with van der Waals surface area (Å²) in [6.07, 6.45) is 3.40. The summed E-state index contributed by atoms with van der Waals surface area (Å²) in [7, 11) is 0. The van der Waals surface area contributed by atoms with Crippen LogP contribution < -0.4 is 5.32 Å². The lowest BCUT2D eigenvalue weighted by molar-refractivity contribution is 0.479. The van der Waals surface area contributed by atoms with E-state index in [4.69, 9.17) is 4.42 Å². The molecule has 0 saturated heterocycles. The Morgan fingerprint density at radius 2 is 2.36 bits per heavy atom. The van der Waals surface area contributed by atoms with E-state index in [9.17, 15) is 0 Å². The molecular weight excluding hydrogens is 246 g/mol. The van der Waals surface area contributed by atoms with Gasteiger partial charge in [0.15, 0.2) is 0 Å². The van der Waals surface area contributed by atoms with Crippen molar-refractivity contribution in [3.05, 3.63) is 40.5 Å². The lowest BCUT2D eigenvalue weighted by Gasteiger charge is -2.00. The van der Waals surface area contributed by atoms with E-state index in [1.807, 2.05) is 12.1 Å². The summed E-state index contributed by atoms with van der Waals surface area (Å²) in [5.74, 6) is 0.907. The highest BCUT2D eigenvalue weighted by Crippen LogP contribution is 2.16. The molecule has 0 saturated carbocycles. The zero-order valence-electron chi connectivity index (χ0n) is 7.46. The predicted octanol–water partition coefficient (Wildman–Crippen LogP) is 2.05. The molecule has 2 aromatic heterocycles. The first kappa shape index (κ1) is 9.48. The summed E-state index contributed by atoms with van der Waals surface area (Å²) in [5.41, 5.74) is 1.06. The summed E-state index contributed by atoms with van der Waals surface area (Å²) in [5, 5.41) is 9.97. The molecule has 0 aromatic carbocycles. The number of nitrogens with zero attached hydrogens (tertiary/aromatic N) is 1. The molecular formula is C9H10BrN3O. The Hall–Kier alpha value is -1.07. The predicted molar refractivity (Wildman–Crippen MR) is 55.5 cm³/mol. The van der Waals surface area contributed by atoms with Crippen molar-refractivity contribution >= 4 is 15.9 Å². The van der Waals surface area contributed by atoms with Crippen LogP contribution in [-0.4, -0.2) is 10.2 Å². The lowest BCUT2D eigenvalue weighted by Crippen LogP contribution is -2.12. The first-order chi connectivity index (χ1) is 6.86. The van der Waals surface area contributed by atoms with E-state index < -0.39 is 0 Å². The number of hydrogen-bond acceptors (Lipinski definition) is 3. The van der Waals surface area contributed by atoms with Gasteiger partial charge in [-0.15, -0.1) is 0 Å². The number of rotatable bonds is 4. The van der Waals surface area contributed by atoms with Crippen molar-refractivity contribution < 1.29 is 4.42 Å². The maximum atomic E-state index is 5.25. The highest BCUT2D eigenvalue weighted by molar-refractivity contribution is 9.10. The van der Waals surface area contributed by atoms with Gasteiger partial charge in [0.1, 0.15) is 5.76 Å². The van der Waals surface area contributed by atoms with E-state index in [0.717, 1.165) is 22.5 Å². The molecule has 0 fully saturated rings. The minimum Gasteiger partial charge on any atom is -0.467 e. The van der Waals surface area contributed by atoms with E-state index in [1.54, 1.807) is 12.5 Å². The van der Waals surface area contributed by atoms with Crippen molar-refractivity contribution in [2.75, 3.05) is 0 Å². The molecule has 14 heavy (non-hydrogen) atoms. The quantitative estimate of drug-likeness (QED) is 0.880. The minimum atomic E-state index is 0.701. The molecule has 0 aliphatic carbocycles. The number of furan rings is 1. The first-order valence-corrected chi connectivity index (χ1v) is 5.06. The van der Waals surface area contributed by atoms with E-state index in [1.165, 1.54) is 0 Å². The van der Waals surface area contributed by atoms with Crippen LogP contribution in [0.25, 0.3) is 0 Å². The molecule has 0 amide bonds. The SMILES string of the molecule is Brc1ccoc1CNCc1ccn[nH]1. The molecule has 0 atom stereocenters. The normalized spacial score (nSPS) is 10.6. The average Bonchev–Trinajstić information content (AvgIpc) is 2.78. The highest BCUT2D eigenvalue weighted by Gasteiger charge is 2.02. The Kier molecular flexibility index (Phi) is 3.00. The van der Waals surface area contributed by atoms with Crippen molar-refractivity contribution in [1.29, 1.82) is 0 Å². The van der Waals surface area contributed by atoms with Crippen LogP contribution in [0.5, 0.6) is 0 Å². The second kappa shape index (κ2) is 4.43. The number of H-pyrrole nitrogens is 1. The van der Waals surface area contributed by atoms with Gasteiger partial charge in [-0.2, -0.15) is 5.10 Å². The van der Waals surface area contributed by atoms with Crippen molar-refractivity contribution in [2.45, 2.75) is 13.1 Å². The molecule has 2 rings (SSSR count). The molecule has 74 valence electrons. The van der Waals surface area contributed by atoms with Crippen LogP contribution in [0.2, 0.25) is 0 Å². The number of halogens is 1. The molecule has 2 N–H and O–H groups in total. The molecule has 2 heterocycles. The van der Waals surface area contributed by atoms with Gasteiger partial charge < -0.3 is 9.73 Å². The minimum absolute atomic E-state index is 0.701. The maximum Gasteiger partial charge on any atom is 0.131 e. The molecule has 0 unspecified atom stereocenters. The zero-order chi connectivity index (χ0) is 9.80. The van der Waals surface area contributed by atoms with Crippen molar-refractivity contribution in [2.24, 2.45) is 0 Å². The number of aromatic amines is 1. The monoisotopic (exact) mass is 255 g/mol. The second-order valence-electron chi connectivity index (χ2n) is 2.88. The molecule has 0 bridgehead atoms. The van der Waals surface area contributed by atoms with Gasteiger partial charge >= 0.3 is 0 Å². The van der Waals surface area contributed by atoms with Crippen molar-refractivity contribution in [1.82, 2.24) is 15.5 Å². The van der Waals surface area contributed by atoms with Gasteiger partial charge in [0.25, 0.3) is 0 Å². The molecule has 0 spiro atoms. The molecule has 4 nitrogen and oxygen atoms in total. The zero-order valence-corrected chi connectivity index (χ0v) is 9.04. The summed E-state index contributed by atoms with van der Waals surface area (Å²) in [6.45, 7) is 1.46. The number of nitrogens with one attached hydrogen (secondary N) is 2. The second-order valence-corrected chi connectivity index (χ2v) is 3.73.